The maximum Gasteiger partial charge on any atom is 0.220 e. The van der Waals surface area contributed by atoms with Gasteiger partial charge in [0, 0.05) is 12.0 Å². The van der Waals surface area contributed by atoms with Crippen molar-refractivity contribution in [2.24, 2.45) is 11.7 Å². The van der Waals surface area contributed by atoms with Gasteiger partial charge in [-0.2, -0.15) is 0 Å². The molecular weight excluding hydrogens is 228 g/mol. The monoisotopic (exact) mass is 248 g/mol. The SMILES string of the molecule is Cc1nc(NC2CCC(C(N)=O)CC2)ccc1N. The highest BCUT2D eigenvalue weighted by Crippen LogP contribution is 2.26. The third-order valence-corrected chi connectivity index (χ3v) is 3.61. The predicted molar refractivity (Wildman–Crippen MR) is 71.9 cm³/mol. The standard InChI is InChI=1S/C13H20N4O/c1-8-11(14)6-7-12(16-8)17-10-4-2-9(3-5-10)13(15)18/h6-7,9-10H,2-5,14H2,1H3,(H2,15,18)(H,16,17). The fraction of sp³-hybridized carbons (Fsp3) is 0.538. The molecule has 0 saturated heterocycles. The van der Waals surface area contributed by atoms with Crippen LogP contribution in [0, 0.1) is 12.8 Å². The number of nitrogen functional groups attached to an aromatic ring is 1. The van der Waals surface area contributed by atoms with Crippen molar-refractivity contribution in [1.29, 1.82) is 0 Å². The quantitative estimate of drug-likeness (QED) is 0.754. The number of nitrogens with one attached hydrogen (secondary N) is 1. The van der Waals surface area contributed by atoms with Crippen molar-refractivity contribution >= 4 is 17.4 Å². The number of amides is 1. The molecule has 1 fully saturated rings. The molecule has 1 aromatic rings. The molecule has 1 aliphatic rings. The molecule has 0 atom stereocenters. The van der Waals surface area contributed by atoms with Gasteiger partial charge in [-0.1, -0.05) is 0 Å². The molecule has 2 rings (SSSR count). The second-order valence-electron chi connectivity index (χ2n) is 4.97. The van der Waals surface area contributed by atoms with E-state index in [2.05, 4.69) is 10.3 Å². The maximum atomic E-state index is 11.1. The van der Waals surface area contributed by atoms with Gasteiger partial charge in [-0.05, 0) is 44.7 Å². The average molecular weight is 248 g/mol. The molecule has 5 heteroatoms. The second-order valence-corrected chi connectivity index (χ2v) is 4.97. The molecule has 18 heavy (non-hydrogen) atoms. The van der Waals surface area contributed by atoms with Crippen molar-refractivity contribution in [3.05, 3.63) is 17.8 Å². The third kappa shape index (κ3) is 2.91. The highest BCUT2D eigenvalue weighted by Gasteiger charge is 2.24. The van der Waals surface area contributed by atoms with E-state index in [-0.39, 0.29) is 11.8 Å². The van der Waals surface area contributed by atoms with Gasteiger partial charge in [-0.25, -0.2) is 4.98 Å². The first-order valence-corrected chi connectivity index (χ1v) is 6.35. The lowest BCUT2D eigenvalue weighted by molar-refractivity contribution is -0.122. The van der Waals surface area contributed by atoms with E-state index < -0.39 is 0 Å². The number of carbonyl (C=O) groups excluding carboxylic acids is 1. The van der Waals surface area contributed by atoms with Crippen LogP contribution in [-0.4, -0.2) is 16.9 Å². The maximum absolute atomic E-state index is 11.1. The highest BCUT2D eigenvalue weighted by atomic mass is 16.1. The summed E-state index contributed by atoms with van der Waals surface area (Å²) >= 11 is 0. The van der Waals surface area contributed by atoms with Crippen molar-refractivity contribution < 1.29 is 4.79 Å². The van der Waals surface area contributed by atoms with Gasteiger partial charge in [0.1, 0.15) is 5.82 Å². The number of nitrogens with two attached hydrogens (primary N) is 2. The molecule has 1 aliphatic carbocycles. The summed E-state index contributed by atoms with van der Waals surface area (Å²) < 4.78 is 0. The summed E-state index contributed by atoms with van der Waals surface area (Å²) in [6, 6.07) is 4.12. The van der Waals surface area contributed by atoms with Gasteiger partial charge in [0.15, 0.2) is 0 Å². The Hall–Kier alpha value is -1.78. The molecule has 1 aromatic heterocycles. The van der Waals surface area contributed by atoms with Crippen LogP contribution in [0.1, 0.15) is 31.4 Å². The van der Waals surface area contributed by atoms with Crippen LogP contribution in [0.2, 0.25) is 0 Å². The van der Waals surface area contributed by atoms with Gasteiger partial charge in [0.25, 0.3) is 0 Å². The first-order valence-electron chi connectivity index (χ1n) is 6.35. The van der Waals surface area contributed by atoms with E-state index in [0.29, 0.717) is 11.7 Å². The zero-order valence-electron chi connectivity index (χ0n) is 10.6. The largest absolute Gasteiger partial charge is 0.397 e. The fourth-order valence-corrected chi connectivity index (χ4v) is 2.38. The van der Waals surface area contributed by atoms with E-state index in [1.807, 2.05) is 19.1 Å². The zero-order chi connectivity index (χ0) is 13.1. The summed E-state index contributed by atoms with van der Waals surface area (Å²) in [5.41, 5.74) is 12.6. The average Bonchev–Trinajstić information content (AvgIpc) is 2.34. The first kappa shape index (κ1) is 12.7. The molecule has 0 aliphatic heterocycles. The molecule has 5 nitrogen and oxygen atoms in total. The minimum Gasteiger partial charge on any atom is -0.397 e. The van der Waals surface area contributed by atoms with Gasteiger partial charge < -0.3 is 16.8 Å². The summed E-state index contributed by atoms with van der Waals surface area (Å²) in [5.74, 6) is 0.725. The number of primary amides is 1. The summed E-state index contributed by atoms with van der Waals surface area (Å²) in [4.78, 5) is 15.5. The molecule has 1 amide bonds. The second kappa shape index (κ2) is 5.25. The van der Waals surface area contributed by atoms with E-state index >= 15 is 0 Å². The van der Waals surface area contributed by atoms with E-state index in [9.17, 15) is 4.79 Å². The Kier molecular flexibility index (Phi) is 3.69. The van der Waals surface area contributed by atoms with Gasteiger partial charge in [-0.15, -0.1) is 0 Å². The van der Waals surface area contributed by atoms with Crippen LogP contribution in [0.4, 0.5) is 11.5 Å². The van der Waals surface area contributed by atoms with Crippen LogP contribution in [0.15, 0.2) is 12.1 Å². The molecule has 5 N–H and O–H groups in total. The number of aromatic nitrogens is 1. The fourth-order valence-electron chi connectivity index (χ4n) is 2.38. The summed E-state index contributed by atoms with van der Waals surface area (Å²) in [6.45, 7) is 1.89. The van der Waals surface area contributed by atoms with E-state index in [1.54, 1.807) is 0 Å². The van der Waals surface area contributed by atoms with Gasteiger partial charge >= 0.3 is 0 Å². The lowest BCUT2D eigenvalue weighted by Gasteiger charge is -2.27. The molecule has 0 spiro atoms. The Balaban J connectivity index is 1.91. The number of hydrogen-bond donors (Lipinski definition) is 3. The molecule has 0 aromatic carbocycles. The van der Waals surface area contributed by atoms with Crippen molar-refractivity contribution in [2.75, 3.05) is 11.1 Å². The Morgan fingerprint density at radius 2 is 2.00 bits per heavy atom. The Morgan fingerprint density at radius 3 is 2.56 bits per heavy atom. The van der Waals surface area contributed by atoms with Crippen molar-refractivity contribution in [2.45, 2.75) is 38.6 Å². The third-order valence-electron chi connectivity index (χ3n) is 3.61. The summed E-state index contributed by atoms with van der Waals surface area (Å²) in [5, 5.41) is 3.39. The predicted octanol–water partition coefficient (Wildman–Crippen LogP) is 1.43. The summed E-state index contributed by atoms with van der Waals surface area (Å²) in [7, 11) is 0. The number of aryl methyl sites for hydroxylation is 1. The molecule has 1 heterocycles. The summed E-state index contributed by atoms with van der Waals surface area (Å²) in [6.07, 6.45) is 3.64. The number of nitrogens with zero attached hydrogens (tertiary/aromatic N) is 1. The van der Waals surface area contributed by atoms with Crippen LogP contribution >= 0.6 is 0 Å². The lowest BCUT2D eigenvalue weighted by Crippen LogP contribution is -2.32. The number of rotatable bonds is 3. The Bertz CT molecular complexity index is 439. The van der Waals surface area contributed by atoms with Crippen LogP contribution in [-0.2, 0) is 4.79 Å². The van der Waals surface area contributed by atoms with Crippen molar-refractivity contribution in [3.8, 4) is 0 Å². The van der Waals surface area contributed by atoms with Crippen LogP contribution < -0.4 is 16.8 Å². The van der Waals surface area contributed by atoms with Crippen LogP contribution in [0.3, 0.4) is 0 Å². The lowest BCUT2D eigenvalue weighted by atomic mass is 9.85. The van der Waals surface area contributed by atoms with Gasteiger partial charge in [-0.3, -0.25) is 4.79 Å². The molecule has 0 bridgehead atoms. The molecular formula is C13H20N4O. The van der Waals surface area contributed by atoms with Gasteiger partial charge in [0.2, 0.25) is 5.91 Å². The molecule has 1 saturated carbocycles. The smallest absolute Gasteiger partial charge is 0.220 e. The molecule has 0 unspecified atom stereocenters. The van der Waals surface area contributed by atoms with E-state index in [0.717, 1.165) is 37.2 Å². The topological polar surface area (TPSA) is 94.0 Å². The highest BCUT2D eigenvalue weighted by molar-refractivity contribution is 5.76. The zero-order valence-corrected chi connectivity index (χ0v) is 10.6. The normalized spacial score (nSPS) is 23.6. The van der Waals surface area contributed by atoms with E-state index in [1.165, 1.54) is 0 Å². The molecule has 98 valence electrons. The Morgan fingerprint density at radius 1 is 1.33 bits per heavy atom. The number of carbonyl (C=O) groups is 1. The first-order chi connectivity index (χ1) is 8.56. The minimum absolute atomic E-state index is 0.0455. The number of hydrogen-bond acceptors (Lipinski definition) is 4. The van der Waals surface area contributed by atoms with Crippen LogP contribution in [0.25, 0.3) is 0 Å². The Labute approximate surface area is 107 Å². The number of pyridine rings is 1. The van der Waals surface area contributed by atoms with Crippen LogP contribution in [0.5, 0.6) is 0 Å². The minimum atomic E-state index is -0.171. The number of anilines is 2. The van der Waals surface area contributed by atoms with Crippen molar-refractivity contribution in [3.63, 3.8) is 0 Å². The van der Waals surface area contributed by atoms with Crippen molar-refractivity contribution in [1.82, 2.24) is 4.98 Å². The molecule has 0 radical (unpaired) electrons. The van der Waals surface area contributed by atoms with Gasteiger partial charge in [0.05, 0.1) is 11.4 Å². The van der Waals surface area contributed by atoms with E-state index in [4.69, 9.17) is 11.5 Å².